The summed E-state index contributed by atoms with van der Waals surface area (Å²) in [5.74, 6) is 0. The molecule has 0 aliphatic heterocycles. The summed E-state index contributed by atoms with van der Waals surface area (Å²) in [5.41, 5.74) is 2.31. The summed E-state index contributed by atoms with van der Waals surface area (Å²) in [6, 6.07) is 8.93. The molecule has 0 fully saturated rings. The summed E-state index contributed by atoms with van der Waals surface area (Å²) < 4.78 is 5.38. The summed E-state index contributed by atoms with van der Waals surface area (Å²) in [5, 5.41) is 4.58. The van der Waals surface area contributed by atoms with Gasteiger partial charge in [-0.3, -0.25) is 0 Å². The maximum atomic E-state index is 5.38. The van der Waals surface area contributed by atoms with E-state index in [1.165, 1.54) is 10.9 Å². The number of rotatable bonds is 4. The summed E-state index contributed by atoms with van der Waals surface area (Å²) in [4.78, 5) is 0. The lowest BCUT2D eigenvalue weighted by Gasteiger charge is -2.11. The van der Waals surface area contributed by atoms with Crippen molar-refractivity contribution in [3.8, 4) is 0 Å². The number of nitrogens with one attached hydrogen (secondary N) is 1. The molecule has 15 heavy (non-hydrogen) atoms. The van der Waals surface area contributed by atoms with Gasteiger partial charge in [-0.15, -0.1) is 0 Å². The van der Waals surface area contributed by atoms with E-state index in [1.54, 1.807) is 6.26 Å². The first-order valence-corrected chi connectivity index (χ1v) is 5.49. The Morgan fingerprint density at radius 2 is 2.20 bits per heavy atom. The number of benzene rings is 1. The Bertz CT molecular complexity index is 433. The molecule has 0 aliphatic rings. The molecule has 2 aromatic rings. The van der Waals surface area contributed by atoms with Crippen molar-refractivity contribution in [2.24, 2.45) is 0 Å². The largest absolute Gasteiger partial charge is 0.464 e. The smallest absolute Gasteiger partial charge is 0.134 e. The minimum Gasteiger partial charge on any atom is -0.464 e. The minimum atomic E-state index is 0.516. The van der Waals surface area contributed by atoms with Gasteiger partial charge in [0, 0.05) is 11.4 Å². The summed E-state index contributed by atoms with van der Waals surface area (Å²) in [6.07, 6.45) is 2.78. The van der Waals surface area contributed by atoms with E-state index < -0.39 is 0 Å². The van der Waals surface area contributed by atoms with Crippen LogP contribution in [0.5, 0.6) is 0 Å². The average Bonchev–Trinajstić information content (AvgIpc) is 2.65. The normalized spacial score (nSPS) is 13.2. The third-order valence-electron chi connectivity index (χ3n) is 2.62. The van der Waals surface area contributed by atoms with Gasteiger partial charge in [0.1, 0.15) is 5.58 Å². The Morgan fingerprint density at radius 3 is 3.00 bits per heavy atom. The van der Waals surface area contributed by atoms with Gasteiger partial charge in [-0.25, -0.2) is 0 Å². The van der Waals surface area contributed by atoms with Crippen molar-refractivity contribution in [1.29, 1.82) is 0 Å². The van der Waals surface area contributed by atoms with Gasteiger partial charge in [0.05, 0.1) is 6.26 Å². The topological polar surface area (TPSA) is 25.2 Å². The van der Waals surface area contributed by atoms with Crippen LogP contribution in [0.15, 0.2) is 34.9 Å². The van der Waals surface area contributed by atoms with Crippen LogP contribution < -0.4 is 5.32 Å². The molecule has 0 bridgehead atoms. The van der Waals surface area contributed by atoms with Gasteiger partial charge in [0.15, 0.2) is 0 Å². The van der Waals surface area contributed by atoms with E-state index in [-0.39, 0.29) is 0 Å². The van der Waals surface area contributed by atoms with Crippen molar-refractivity contribution in [2.75, 3.05) is 6.54 Å². The van der Waals surface area contributed by atoms with Crippen LogP contribution in [-0.4, -0.2) is 12.6 Å². The fraction of sp³-hybridized carbons (Fsp3) is 0.385. The Kier molecular flexibility index (Phi) is 3.07. The fourth-order valence-electron chi connectivity index (χ4n) is 1.90. The van der Waals surface area contributed by atoms with Crippen LogP contribution in [0.25, 0.3) is 11.0 Å². The average molecular weight is 203 g/mol. The maximum absolute atomic E-state index is 5.38. The lowest BCUT2D eigenvalue weighted by atomic mass is 10.1. The lowest BCUT2D eigenvalue weighted by molar-refractivity contribution is 0.564. The highest BCUT2D eigenvalue weighted by Crippen LogP contribution is 2.17. The summed E-state index contributed by atoms with van der Waals surface area (Å²) in [6.45, 7) is 5.35. The van der Waals surface area contributed by atoms with E-state index in [0.29, 0.717) is 6.04 Å². The zero-order valence-electron chi connectivity index (χ0n) is 9.29. The molecule has 0 unspecified atom stereocenters. The van der Waals surface area contributed by atoms with Crippen molar-refractivity contribution in [1.82, 2.24) is 5.32 Å². The van der Waals surface area contributed by atoms with E-state index in [9.17, 15) is 0 Å². The van der Waals surface area contributed by atoms with Gasteiger partial charge in [0.2, 0.25) is 0 Å². The quantitative estimate of drug-likeness (QED) is 0.826. The Labute approximate surface area is 90.3 Å². The summed E-state index contributed by atoms with van der Waals surface area (Å²) >= 11 is 0. The molecule has 80 valence electrons. The highest BCUT2D eigenvalue weighted by atomic mass is 16.3. The zero-order chi connectivity index (χ0) is 10.7. The molecule has 0 radical (unpaired) electrons. The molecular weight excluding hydrogens is 186 g/mol. The van der Waals surface area contributed by atoms with E-state index >= 15 is 0 Å². The maximum Gasteiger partial charge on any atom is 0.134 e. The van der Waals surface area contributed by atoms with Gasteiger partial charge < -0.3 is 9.73 Å². The van der Waals surface area contributed by atoms with Gasteiger partial charge in [-0.1, -0.05) is 19.1 Å². The van der Waals surface area contributed by atoms with E-state index in [1.807, 2.05) is 6.07 Å². The predicted octanol–water partition coefficient (Wildman–Crippen LogP) is 2.97. The fourth-order valence-corrected chi connectivity index (χ4v) is 1.90. The van der Waals surface area contributed by atoms with E-state index in [2.05, 4.69) is 37.4 Å². The number of likely N-dealkylation sites (N-methyl/N-ethyl adjacent to an activating group) is 1. The van der Waals surface area contributed by atoms with Gasteiger partial charge in [0.25, 0.3) is 0 Å². The first kappa shape index (κ1) is 10.2. The van der Waals surface area contributed by atoms with Crippen molar-refractivity contribution >= 4 is 11.0 Å². The van der Waals surface area contributed by atoms with Crippen LogP contribution in [0, 0.1) is 0 Å². The number of fused-ring (bicyclic) bond motifs is 1. The zero-order valence-corrected chi connectivity index (χ0v) is 9.29. The second-order valence-corrected chi connectivity index (χ2v) is 3.96. The third-order valence-corrected chi connectivity index (χ3v) is 2.62. The first-order chi connectivity index (χ1) is 7.29. The monoisotopic (exact) mass is 203 g/mol. The van der Waals surface area contributed by atoms with Crippen LogP contribution in [0.3, 0.4) is 0 Å². The molecule has 1 N–H and O–H groups in total. The highest BCUT2D eigenvalue weighted by Gasteiger charge is 2.03. The Morgan fingerprint density at radius 1 is 1.33 bits per heavy atom. The molecular formula is C13H17NO. The van der Waals surface area contributed by atoms with E-state index in [0.717, 1.165) is 18.5 Å². The van der Waals surface area contributed by atoms with Crippen LogP contribution in [-0.2, 0) is 6.42 Å². The molecule has 1 atom stereocenters. The van der Waals surface area contributed by atoms with Crippen LogP contribution >= 0.6 is 0 Å². The Balaban J connectivity index is 2.14. The molecule has 2 nitrogen and oxygen atoms in total. The molecule has 1 aromatic carbocycles. The Hall–Kier alpha value is -1.28. The number of furan rings is 1. The third kappa shape index (κ3) is 2.39. The molecule has 0 spiro atoms. The predicted molar refractivity (Wildman–Crippen MR) is 63.1 cm³/mol. The first-order valence-electron chi connectivity index (χ1n) is 5.49. The van der Waals surface area contributed by atoms with Gasteiger partial charge in [-0.2, -0.15) is 0 Å². The second kappa shape index (κ2) is 4.49. The molecule has 2 heteroatoms. The van der Waals surface area contributed by atoms with Crippen LogP contribution in [0.4, 0.5) is 0 Å². The lowest BCUT2D eigenvalue weighted by Crippen LogP contribution is -2.27. The van der Waals surface area contributed by atoms with Gasteiger partial charge >= 0.3 is 0 Å². The van der Waals surface area contributed by atoms with Crippen molar-refractivity contribution in [3.05, 3.63) is 36.1 Å². The summed E-state index contributed by atoms with van der Waals surface area (Å²) in [7, 11) is 0. The number of hydrogen-bond donors (Lipinski definition) is 1. The van der Waals surface area contributed by atoms with Crippen molar-refractivity contribution in [3.63, 3.8) is 0 Å². The standard InChI is InChI=1S/C13H17NO/c1-3-14-10(2)8-11-4-5-12-6-7-15-13(12)9-11/h4-7,9-10,14H,3,8H2,1-2H3/t10-/m0/s1. The molecule has 1 aromatic heterocycles. The minimum absolute atomic E-state index is 0.516. The van der Waals surface area contributed by atoms with Crippen LogP contribution in [0.1, 0.15) is 19.4 Å². The van der Waals surface area contributed by atoms with Crippen molar-refractivity contribution in [2.45, 2.75) is 26.3 Å². The molecule has 2 rings (SSSR count). The SMILES string of the molecule is CCN[C@@H](C)Cc1ccc2ccoc2c1. The molecule has 1 heterocycles. The second-order valence-electron chi connectivity index (χ2n) is 3.96. The number of hydrogen-bond acceptors (Lipinski definition) is 2. The highest BCUT2D eigenvalue weighted by molar-refractivity contribution is 5.77. The van der Waals surface area contributed by atoms with Crippen molar-refractivity contribution < 1.29 is 4.42 Å². The van der Waals surface area contributed by atoms with Crippen LogP contribution in [0.2, 0.25) is 0 Å². The molecule has 0 amide bonds. The molecule has 0 saturated carbocycles. The molecule has 0 aliphatic carbocycles. The van der Waals surface area contributed by atoms with E-state index in [4.69, 9.17) is 4.42 Å². The molecule has 0 saturated heterocycles. The van der Waals surface area contributed by atoms with Gasteiger partial charge in [-0.05, 0) is 37.6 Å².